The minimum atomic E-state index is -0.414. The Hall–Kier alpha value is -0.770. The molecule has 0 heterocycles. The van der Waals surface area contributed by atoms with Crippen LogP contribution in [0.2, 0.25) is 0 Å². The van der Waals surface area contributed by atoms with Crippen LogP contribution in [0.15, 0.2) is 0 Å². The van der Waals surface area contributed by atoms with Crippen LogP contribution in [0.25, 0.3) is 0 Å². The Morgan fingerprint density at radius 1 is 1.26 bits per heavy atom. The predicted molar refractivity (Wildman–Crippen MR) is 78.4 cm³/mol. The van der Waals surface area contributed by atoms with Crippen LogP contribution < -0.4 is 5.32 Å². The summed E-state index contributed by atoms with van der Waals surface area (Å²) in [5, 5.41) is 2.81. The molecule has 1 rings (SSSR count). The second-order valence-corrected chi connectivity index (χ2v) is 6.55. The highest BCUT2D eigenvalue weighted by Gasteiger charge is 2.18. The summed E-state index contributed by atoms with van der Waals surface area (Å²) < 4.78 is 5.20. The first kappa shape index (κ1) is 16.3. The predicted octanol–water partition coefficient (Wildman–Crippen LogP) is 3.17. The van der Waals surface area contributed by atoms with Crippen LogP contribution in [0.3, 0.4) is 0 Å². The zero-order valence-electron chi connectivity index (χ0n) is 13.0. The van der Waals surface area contributed by atoms with Crippen LogP contribution in [0.4, 0.5) is 4.79 Å². The van der Waals surface area contributed by atoms with Crippen molar-refractivity contribution in [2.24, 2.45) is 0 Å². The average molecular weight is 270 g/mol. The molecule has 0 saturated heterocycles. The smallest absolute Gasteiger partial charge is 0.407 e. The van der Waals surface area contributed by atoms with Crippen molar-refractivity contribution in [3.63, 3.8) is 0 Å². The molecule has 0 unspecified atom stereocenters. The van der Waals surface area contributed by atoms with Gasteiger partial charge in [0, 0.05) is 12.6 Å². The maximum absolute atomic E-state index is 11.5. The maximum Gasteiger partial charge on any atom is 0.407 e. The molecule has 4 heteroatoms. The molecule has 1 fully saturated rings. The average Bonchev–Trinajstić information content (AvgIpc) is 2.33. The third-order valence-electron chi connectivity index (χ3n) is 3.55. The lowest BCUT2D eigenvalue weighted by atomic mass is 9.94. The van der Waals surface area contributed by atoms with E-state index < -0.39 is 5.60 Å². The zero-order chi connectivity index (χ0) is 14.3. The second-order valence-electron chi connectivity index (χ2n) is 6.55. The first-order valence-corrected chi connectivity index (χ1v) is 7.55. The van der Waals surface area contributed by atoms with E-state index in [2.05, 4.69) is 17.3 Å². The SMILES string of the molecule is CN(CCCNC(=O)OC(C)(C)C)C1CCCCC1. The number of carbonyl (C=O) groups is 1. The number of rotatable bonds is 5. The Morgan fingerprint density at radius 3 is 2.47 bits per heavy atom. The number of hydrogen-bond donors (Lipinski definition) is 1. The number of alkyl carbamates (subject to hydrolysis) is 1. The lowest BCUT2D eigenvalue weighted by Crippen LogP contribution is -2.37. The Balaban J connectivity index is 2.08. The van der Waals surface area contributed by atoms with Crippen LogP contribution in [0.5, 0.6) is 0 Å². The summed E-state index contributed by atoms with van der Waals surface area (Å²) in [7, 11) is 2.20. The molecular formula is C15H30N2O2. The van der Waals surface area contributed by atoms with Gasteiger partial charge in [-0.15, -0.1) is 0 Å². The monoisotopic (exact) mass is 270 g/mol. The van der Waals surface area contributed by atoms with Gasteiger partial charge in [-0.2, -0.15) is 0 Å². The second kappa shape index (κ2) is 7.73. The van der Waals surface area contributed by atoms with Gasteiger partial charge in [0.05, 0.1) is 0 Å². The highest BCUT2D eigenvalue weighted by Crippen LogP contribution is 2.21. The van der Waals surface area contributed by atoms with Crippen molar-refractivity contribution in [3.05, 3.63) is 0 Å². The molecule has 0 aromatic carbocycles. The first-order valence-electron chi connectivity index (χ1n) is 7.55. The highest BCUT2D eigenvalue weighted by atomic mass is 16.6. The molecule has 4 nitrogen and oxygen atoms in total. The van der Waals surface area contributed by atoms with Crippen LogP contribution in [-0.2, 0) is 4.74 Å². The van der Waals surface area contributed by atoms with Crippen molar-refractivity contribution < 1.29 is 9.53 Å². The van der Waals surface area contributed by atoms with Crippen molar-refractivity contribution >= 4 is 6.09 Å². The van der Waals surface area contributed by atoms with E-state index in [0.29, 0.717) is 6.54 Å². The van der Waals surface area contributed by atoms with E-state index in [1.807, 2.05) is 20.8 Å². The number of nitrogens with zero attached hydrogens (tertiary/aromatic N) is 1. The van der Waals surface area contributed by atoms with E-state index in [1.54, 1.807) is 0 Å². The van der Waals surface area contributed by atoms with Crippen molar-refractivity contribution in [1.82, 2.24) is 10.2 Å². The molecule has 112 valence electrons. The third-order valence-corrected chi connectivity index (χ3v) is 3.55. The molecule has 19 heavy (non-hydrogen) atoms. The number of amides is 1. The standard InChI is InChI=1S/C15H30N2O2/c1-15(2,3)19-14(18)16-11-8-12-17(4)13-9-6-5-7-10-13/h13H,5-12H2,1-4H3,(H,16,18). The van der Waals surface area contributed by atoms with Gasteiger partial charge in [-0.3, -0.25) is 0 Å². The Bertz CT molecular complexity index is 268. The number of nitrogens with one attached hydrogen (secondary N) is 1. The van der Waals surface area contributed by atoms with Gasteiger partial charge in [0.2, 0.25) is 0 Å². The summed E-state index contributed by atoms with van der Waals surface area (Å²) in [6.45, 7) is 7.36. The lowest BCUT2D eigenvalue weighted by Gasteiger charge is -2.31. The van der Waals surface area contributed by atoms with Gasteiger partial charge < -0.3 is 15.0 Å². The molecule has 1 aliphatic rings. The molecular weight excluding hydrogens is 240 g/mol. The molecule has 0 radical (unpaired) electrons. The van der Waals surface area contributed by atoms with Crippen molar-refractivity contribution in [2.45, 2.75) is 70.9 Å². The van der Waals surface area contributed by atoms with Gasteiger partial charge in [0.25, 0.3) is 0 Å². The van der Waals surface area contributed by atoms with E-state index >= 15 is 0 Å². The molecule has 1 saturated carbocycles. The van der Waals surface area contributed by atoms with Gasteiger partial charge in [-0.05, 0) is 53.6 Å². The summed E-state index contributed by atoms with van der Waals surface area (Å²) in [4.78, 5) is 13.9. The fourth-order valence-corrected chi connectivity index (χ4v) is 2.54. The number of hydrogen-bond acceptors (Lipinski definition) is 3. The Kier molecular flexibility index (Phi) is 6.63. The van der Waals surface area contributed by atoms with Gasteiger partial charge >= 0.3 is 6.09 Å². The van der Waals surface area contributed by atoms with E-state index in [-0.39, 0.29) is 6.09 Å². The minimum absolute atomic E-state index is 0.312. The normalized spacial score (nSPS) is 17.5. The maximum atomic E-state index is 11.5. The molecule has 1 aliphatic carbocycles. The van der Waals surface area contributed by atoms with Crippen LogP contribution in [-0.4, -0.2) is 42.8 Å². The van der Waals surface area contributed by atoms with Gasteiger partial charge in [0.15, 0.2) is 0 Å². The fraction of sp³-hybridized carbons (Fsp3) is 0.933. The molecule has 1 N–H and O–H groups in total. The van der Waals surface area contributed by atoms with Crippen molar-refractivity contribution in [2.75, 3.05) is 20.1 Å². The van der Waals surface area contributed by atoms with E-state index in [9.17, 15) is 4.79 Å². The van der Waals surface area contributed by atoms with Crippen molar-refractivity contribution in [1.29, 1.82) is 0 Å². The summed E-state index contributed by atoms with van der Waals surface area (Å²) in [6, 6.07) is 0.746. The lowest BCUT2D eigenvalue weighted by molar-refractivity contribution is 0.0525. The molecule has 1 amide bonds. The fourth-order valence-electron chi connectivity index (χ4n) is 2.54. The number of ether oxygens (including phenoxy) is 1. The largest absolute Gasteiger partial charge is 0.444 e. The quantitative estimate of drug-likeness (QED) is 0.780. The summed E-state index contributed by atoms with van der Waals surface area (Å²) >= 11 is 0. The zero-order valence-corrected chi connectivity index (χ0v) is 13.0. The Morgan fingerprint density at radius 2 is 1.89 bits per heavy atom. The van der Waals surface area contributed by atoms with Crippen molar-refractivity contribution in [3.8, 4) is 0 Å². The van der Waals surface area contributed by atoms with E-state index in [0.717, 1.165) is 19.0 Å². The molecule has 0 bridgehead atoms. The molecule has 0 atom stereocenters. The first-order chi connectivity index (χ1) is 8.88. The van der Waals surface area contributed by atoms with Gasteiger partial charge in [0.1, 0.15) is 5.60 Å². The van der Waals surface area contributed by atoms with E-state index in [4.69, 9.17) is 4.74 Å². The Labute approximate surface area is 117 Å². The molecule has 0 aliphatic heterocycles. The highest BCUT2D eigenvalue weighted by molar-refractivity contribution is 5.67. The summed E-state index contributed by atoms with van der Waals surface area (Å²) in [5.41, 5.74) is -0.414. The van der Waals surface area contributed by atoms with Crippen LogP contribution in [0, 0.1) is 0 Å². The summed E-state index contributed by atoms with van der Waals surface area (Å²) in [6.07, 6.45) is 7.45. The topological polar surface area (TPSA) is 41.6 Å². The van der Waals surface area contributed by atoms with Gasteiger partial charge in [-0.25, -0.2) is 4.79 Å². The number of carbonyl (C=O) groups excluding carboxylic acids is 1. The summed E-state index contributed by atoms with van der Waals surface area (Å²) in [5.74, 6) is 0. The third kappa shape index (κ3) is 7.41. The minimum Gasteiger partial charge on any atom is -0.444 e. The molecule has 0 spiro atoms. The molecule has 0 aromatic heterocycles. The van der Waals surface area contributed by atoms with Gasteiger partial charge in [-0.1, -0.05) is 19.3 Å². The molecule has 0 aromatic rings. The van der Waals surface area contributed by atoms with E-state index in [1.165, 1.54) is 32.1 Å². The van der Waals surface area contributed by atoms with Crippen LogP contribution in [0.1, 0.15) is 59.3 Å². The van der Waals surface area contributed by atoms with Crippen LogP contribution >= 0.6 is 0 Å².